The van der Waals surface area contributed by atoms with E-state index in [0.29, 0.717) is 0 Å². The van der Waals surface area contributed by atoms with Crippen molar-refractivity contribution >= 4 is 15.9 Å². The first-order valence-corrected chi connectivity index (χ1v) is 6.63. The molecule has 0 saturated carbocycles. The molecule has 1 rings (SSSR count). The second-order valence-electron chi connectivity index (χ2n) is 3.96. The molecule has 0 bridgehead atoms. The maximum Gasteiger partial charge on any atom is 0.124 e. The molecule has 0 spiro atoms. The van der Waals surface area contributed by atoms with E-state index in [4.69, 9.17) is 0 Å². The summed E-state index contributed by atoms with van der Waals surface area (Å²) in [5.74, 6) is -0.188. The third-order valence-electron chi connectivity index (χ3n) is 2.68. The van der Waals surface area contributed by atoms with Crippen LogP contribution < -0.4 is 0 Å². The summed E-state index contributed by atoms with van der Waals surface area (Å²) in [5.41, 5.74) is 1.15. The van der Waals surface area contributed by atoms with E-state index in [0.717, 1.165) is 29.7 Å². The summed E-state index contributed by atoms with van der Waals surface area (Å²) < 4.78 is 13.8. The van der Waals surface area contributed by atoms with Crippen molar-refractivity contribution in [1.29, 1.82) is 0 Å². The molecule has 90 valence electrons. The van der Waals surface area contributed by atoms with Crippen molar-refractivity contribution in [2.45, 2.75) is 33.2 Å². The molecule has 16 heavy (non-hydrogen) atoms. The third kappa shape index (κ3) is 4.22. The molecule has 0 aliphatic carbocycles. The first-order chi connectivity index (χ1) is 7.67. The van der Waals surface area contributed by atoms with Crippen LogP contribution in [0.2, 0.25) is 0 Å². The second-order valence-corrected chi connectivity index (χ2v) is 4.81. The first-order valence-electron chi connectivity index (χ1n) is 5.83. The maximum atomic E-state index is 12.9. The number of hydrogen-bond acceptors (Lipinski definition) is 1. The molecule has 3 heteroatoms. The van der Waals surface area contributed by atoms with E-state index in [1.807, 2.05) is 6.07 Å². The monoisotopic (exact) mass is 287 g/mol. The largest absolute Gasteiger partial charge is 0.299 e. The van der Waals surface area contributed by atoms with Crippen LogP contribution in [0, 0.1) is 5.82 Å². The van der Waals surface area contributed by atoms with Gasteiger partial charge in [0.2, 0.25) is 0 Å². The van der Waals surface area contributed by atoms with E-state index >= 15 is 0 Å². The number of unbranched alkanes of at least 4 members (excludes halogenated alkanes) is 1. The maximum absolute atomic E-state index is 12.9. The average molecular weight is 288 g/mol. The predicted octanol–water partition coefficient (Wildman–Crippen LogP) is 4.21. The lowest BCUT2D eigenvalue weighted by molar-refractivity contribution is 0.275. The molecule has 0 aromatic heterocycles. The summed E-state index contributed by atoms with van der Waals surface area (Å²) in [6.07, 6.45) is 2.42. The van der Waals surface area contributed by atoms with Gasteiger partial charge in [-0.1, -0.05) is 42.3 Å². The van der Waals surface area contributed by atoms with Crippen LogP contribution in [0.5, 0.6) is 0 Å². The SMILES string of the molecule is CCCCN(CC)Cc1ccc(F)cc1Br. The van der Waals surface area contributed by atoms with Gasteiger partial charge < -0.3 is 0 Å². The molecule has 0 atom stereocenters. The van der Waals surface area contributed by atoms with E-state index in [2.05, 4.69) is 34.7 Å². The van der Waals surface area contributed by atoms with Gasteiger partial charge in [-0.15, -0.1) is 0 Å². The van der Waals surface area contributed by atoms with Gasteiger partial charge in [-0.25, -0.2) is 4.39 Å². The van der Waals surface area contributed by atoms with Crippen LogP contribution in [0.4, 0.5) is 4.39 Å². The van der Waals surface area contributed by atoms with Crippen molar-refractivity contribution in [1.82, 2.24) is 4.90 Å². The van der Waals surface area contributed by atoms with Gasteiger partial charge >= 0.3 is 0 Å². The van der Waals surface area contributed by atoms with Gasteiger partial charge in [0.1, 0.15) is 5.82 Å². The Balaban J connectivity index is 2.62. The fraction of sp³-hybridized carbons (Fsp3) is 0.538. The van der Waals surface area contributed by atoms with Gasteiger partial charge in [0.25, 0.3) is 0 Å². The number of nitrogens with zero attached hydrogens (tertiary/aromatic N) is 1. The molecule has 0 amide bonds. The Kier molecular flexibility index (Phi) is 5.99. The van der Waals surface area contributed by atoms with E-state index in [-0.39, 0.29) is 5.82 Å². The van der Waals surface area contributed by atoms with Gasteiger partial charge in [-0.3, -0.25) is 4.90 Å². The fourth-order valence-corrected chi connectivity index (χ4v) is 2.10. The number of benzene rings is 1. The molecule has 0 aliphatic rings. The molecular formula is C13H19BrFN. The normalized spacial score (nSPS) is 11.1. The Bertz CT molecular complexity index is 328. The van der Waals surface area contributed by atoms with E-state index in [1.54, 1.807) is 0 Å². The second kappa shape index (κ2) is 7.02. The van der Waals surface area contributed by atoms with Crippen LogP contribution in [0.25, 0.3) is 0 Å². The van der Waals surface area contributed by atoms with E-state index in [1.165, 1.54) is 25.0 Å². The summed E-state index contributed by atoms with van der Waals surface area (Å²) in [5, 5.41) is 0. The van der Waals surface area contributed by atoms with Gasteiger partial charge in [-0.05, 0) is 37.2 Å². The predicted molar refractivity (Wildman–Crippen MR) is 70.0 cm³/mol. The Morgan fingerprint density at radius 1 is 1.31 bits per heavy atom. The first kappa shape index (κ1) is 13.7. The zero-order valence-corrected chi connectivity index (χ0v) is 11.6. The minimum atomic E-state index is -0.188. The topological polar surface area (TPSA) is 3.24 Å². The molecule has 0 heterocycles. The van der Waals surface area contributed by atoms with Gasteiger partial charge in [0, 0.05) is 11.0 Å². The lowest BCUT2D eigenvalue weighted by Crippen LogP contribution is -2.24. The van der Waals surface area contributed by atoms with Crippen molar-refractivity contribution in [2.24, 2.45) is 0 Å². The van der Waals surface area contributed by atoms with Crippen LogP contribution in [0.1, 0.15) is 32.3 Å². The summed E-state index contributed by atoms with van der Waals surface area (Å²) in [6.45, 7) is 7.38. The van der Waals surface area contributed by atoms with Crippen LogP contribution in [0.15, 0.2) is 22.7 Å². The van der Waals surface area contributed by atoms with E-state index < -0.39 is 0 Å². The van der Waals surface area contributed by atoms with Crippen LogP contribution in [-0.4, -0.2) is 18.0 Å². The molecule has 1 nitrogen and oxygen atoms in total. The average Bonchev–Trinajstić information content (AvgIpc) is 2.27. The standard InChI is InChI=1S/C13H19BrFN/c1-3-5-8-16(4-2)10-11-6-7-12(15)9-13(11)14/h6-7,9H,3-5,8,10H2,1-2H3. The molecule has 0 unspecified atom stereocenters. The highest BCUT2D eigenvalue weighted by atomic mass is 79.9. The highest BCUT2D eigenvalue weighted by Gasteiger charge is 2.06. The number of halogens is 2. The summed E-state index contributed by atoms with van der Waals surface area (Å²) in [7, 11) is 0. The molecule has 0 aliphatic heterocycles. The quantitative estimate of drug-likeness (QED) is 0.758. The Hall–Kier alpha value is -0.410. The summed E-state index contributed by atoms with van der Waals surface area (Å²) >= 11 is 3.41. The highest BCUT2D eigenvalue weighted by molar-refractivity contribution is 9.10. The van der Waals surface area contributed by atoms with Gasteiger partial charge in [-0.2, -0.15) is 0 Å². The Morgan fingerprint density at radius 2 is 2.06 bits per heavy atom. The molecule has 0 radical (unpaired) electrons. The van der Waals surface area contributed by atoms with Crippen LogP contribution in [-0.2, 0) is 6.54 Å². The fourth-order valence-electron chi connectivity index (χ4n) is 1.62. The molecule has 0 N–H and O–H groups in total. The lowest BCUT2D eigenvalue weighted by Gasteiger charge is -2.20. The summed E-state index contributed by atoms with van der Waals surface area (Å²) in [6, 6.07) is 4.91. The lowest BCUT2D eigenvalue weighted by atomic mass is 10.2. The van der Waals surface area contributed by atoms with Crippen LogP contribution in [0.3, 0.4) is 0 Å². The smallest absolute Gasteiger partial charge is 0.124 e. The molecule has 0 fully saturated rings. The number of hydrogen-bond donors (Lipinski definition) is 0. The number of rotatable bonds is 6. The molecular weight excluding hydrogens is 269 g/mol. The Morgan fingerprint density at radius 3 is 2.62 bits per heavy atom. The zero-order chi connectivity index (χ0) is 12.0. The zero-order valence-electron chi connectivity index (χ0n) is 9.97. The molecule has 1 aromatic carbocycles. The highest BCUT2D eigenvalue weighted by Crippen LogP contribution is 2.19. The minimum absolute atomic E-state index is 0.188. The molecule has 0 saturated heterocycles. The summed E-state index contributed by atoms with van der Waals surface area (Å²) in [4.78, 5) is 2.38. The van der Waals surface area contributed by atoms with Crippen LogP contribution >= 0.6 is 15.9 Å². The van der Waals surface area contributed by atoms with Crippen molar-refractivity contribution in [3.63, 3.8) is 0 Å². The van der Waals surface area contributed by atoms with Gasteiger partial charge in [0.15, 0.2) is 0 Å². The van der Waals surface area contributed by atoms with Crippen molar-refractivity contribution in [3.05, 3.63) is 34.1 Å². The third-order valence-corrected chi connectivity index (χ3v) is 3.42. The Labute approximate surface area is 106 Å². The van der Waals surface area contributed by atoms with E-state index in [9.17, 15) is 4.39 Å². The minimum Gasteiger partial charge on any atom is -0.299 e. The van der Waals surface area contributed by atoms with Crippen molar-refractivity contribution < 1.29 is 4.39 Å². The van der Waals surface area contributed by atoms with Crippen molar-refractivity contribution in [2.75, 3.05) is 13.1 Å². The molecule has 1 aromatic rings. The van der Waals surface area contributed by atoms with Crippen molar-refractivity contribution in [3.8, 4) is 0 Å². The van der Waals surface area contributed by atoms with Gasteiger partial charge in [0.05, 0.1) is 0 Å².